The van der Waals surface area contributed by atoms with E-state index < -0.39 is 0 Å². The molecule has 31 heavy (non-hydrogen) atoms. The molecule has 0 heterocycles. The maximum absolute atomic E-state index is 12.3. The van der Waals surface area contributed by atoms with Crippen LogP contribution in [0, 0.1) is 13.8 Å². The summed E-state index contributed by atoms with van der Waals surface area (Å²) >= 11 is 0. The Bertz CT molecular complexity index is 907. The molecule has 0 unspecified atom stereocenters. The van der Waals surface area contributed by atoms with Crippen molar-refractivity contribution in [2.75, 3.05) is 18.5 Å². The summed E-state index contributed by atoms with van der Waals surface area (Å²) in [4.78, 5) is 24.5. The van der Waals surface area contributed by atoms with Crippen molar-refractivity contribution in [2.45, 2.75) is 51.7 Å². The average molecular weight is 426 g/mol. The van der Waals surface area contributed by atoms with E-state index in [1.165, 1.54) is 0 Å². The predicted octanol–water partition coefficient (Wildman–Crippen LogP) is 3.54. The molecule has 0 aliphatic heterocycles. The Hall–Kier alpha value is -3.06. The molecule has 0 aromatic heterocycles. The number of carbonyl (C=O) groups is 2. The van der Waals surface area contributed by atoms with E-state index in [0.29, 0.717) is 11.3 Å². The Labute approximate surface area is 183 Å². The molecule has 1 aliphatic rings. The molecule has 2 aromatic carbocycles. The van der Waals surface area contributed by atoms with Crippen molar-refractivity contribution in [1.29, 1.82) is 0 Å². The molecule has 7 nitrogen and oxygen atoms in total. The van der Waals surface area contributed by atoms with Gasteiger partial charge in [0, 0.05) is 23.8 Å². The number of hydrogen-bond donors (Lipinski definition) is 4. The van der Waals surface area contributed by atoms with Gasteiger partial charge in [0.15, 0.2) is 0 Å². The summed E-state index contributed by atoms with van der Waals surface area (Å²) in [5.74, 6) is 0.442. The third-order valence-corrected chi connectivity index (χ3v) is 5.44. The number of urea groups is 1. The van der Waals surface area contributed by atoms with Crippen LogP contribution in [0.2, 0.25) is 0 Å². The Morgan fingerprint density at radius 2 is 1.84 bits per heavy atom. The van der Waals surface area contributed by atoms with Gasteiger partial charge in [0.1, 0.15) is 5.75 Å². The first kappa shape index (κ1) is 22.6. The number of hydrogen-bond acceptors (Lipinski definition) is 4. The van der Waals surface area contributed by atoms with Crippen LogP contribution in [0.15, 0.2) is 42.5 Å². The van der Waals surface area contributed by atoms with Crippen molar-refractivity contribution in [1.82, 2.24) is 10.6 Å². The van der Waals surface area contributed by atoms with Crippen LogP contribution >= 0.6 is 0 Å². The SMILES string of the molecule is Cc1cccc(NC(=O)NC2CCC(Oc3ccc(C)c(C(=O)NCCO)c3)CC2)c1. The number of ether oxygens (including phenoxy) is 1. The lowest BCUT2D eigenvalue weighted by molar-refractivity contribution is 0.0942. The largest absolute Gasteiger partial charge is 0.490 e. The molecule has 4 N–H and O–H groups in total. The van der Waals surface area contributed by atoms with E-state index in [9.17, 15) is 9.59 Å². The monoisotopic (exact) mass is 425 g/mol. The zero-order valence-electron chi connectivity index (χ0n) is 18.1. The van der Waals surface area contributed by atoms with Crippen LogP contribution in [0.25, 0.3) is 0 Å². The second kappa shape index (κ2) is 10.8. The number of amides is 3. The minimum Gasteiger partial charge on any atom is -0.490 e. The normalized spacial score (nSPS) is 18.2. The number of aliphatic hydroxyl groups is 1. The standard InChI is InChI=1S/C24H31N3O4/c1-16-4-3-5-19(14-16)27-24(30)26-18-7-10-20(11-8-18)31-21-9-6-17(2)22(15-21)23(29)25-12-13-28/h3-6,9,14-15,18,20,28H,7-8,10-13H2,1-2H3,(H,25,29)(H2,26,27,30). The van der Waals surface area contributed by atoms with E-state index in [4.69, 9.17) is 9.84 Å². The average Bonchev–Trinajstić information content (AvgIpc) is 2.74. The summed E-state index contributed by atoms with van der Waals surface area (Å²) in [6.45, 7) is 3.98. The third kappa shape index (κ3) is 6.72. The van der Waals surface area contributed by atoms with Crippen LogP contribution in [0.5, 0.6) is 5.75 Å². The van der Waals surface area contributed by atoms with E-state index in [2.05, 4.69) is 16.0 Å². The van der Waals surface area contributed by atoms with Gasteiger partial charge in [-0.05, 0) is 74.9 Å². The number of benzene rings is 2. The van der Waals surface area contributed by atoms with Gasteiger partial charge in [-0.15, -0.1) is 0 Å². The molecule has 0 atom stereocenters. The quantitative estimate of drug-likeness (QED) is 0.545. The van der Waals surface area contributed by atoms with Crippen LogP contribution in [-0.2, 0) is 0 Å². The molecule has 2 aromatic rings. The van der Waals surface area contributed by atoms with Gasteiger partial charge in [-0.2, -0.15) is 0 Å². The van der Waals surface area contributed by atoms with Crippen LogP contribution in [0.3, 0.4) is 0 Å². The number of carbonyl (C=O) groups excluding carboxylic acids is 2. The van der Waals surface area contributed by atoms with Crippen molar-refractivity contribution < 1.29 is 19.4 Å². The summed E-state index contributed by atoms with van der Waals surface area (Å²) in [6.07, 6.45) is 3.38. The molecular formula is C24H31N3O4. The summed E-state index contributed by atoms with van der Waals surface area (Å²) < 4.78 is 6.11. The van der Waals surface area contributed by atoms with Gasteiger partial charge in [0.25, 0.3) is 5.91 Å². The Kier molecular flexibility index (Phi) is 7.89. The van der Waals surface area contributed by atoms with E-state index in [1.807, 2.05) is 50.2 Å². The first-order chi connectivity index (χ1) is 14.9. The lowest BCUT2D eigenvalue weighted by atomic mass is 9.93. The van der Waals surface area contributed by atoms with E-state index >= 15 is 0 Å². The maximum Gasteiger partial charge on any atom is 0.319 e. The second-order valence-electron chi connectivity index (χ2n) is 8.02. The Balaban J connectivity index is 1.47. The van der Waals surface area contributed by atoms with Crippen molar-refractivity contribution in [3.05, 3.63) is 59.2 Å². The van der Waals surface area contributed by atoms with Crippen LogP contribution in [0.4, 0.5) is 10.5 Å². The number of anilines is 1. The van der Waals surface area contributed by atoms with Gasteiger partial charge < -0.3 is 25.8 Å². The number of aliphatic hydroxyl groups excluding tert-OH is 1. The molecule has 0 saturated heterocycles. The van der Waals surface area contributed by atoms with Crippen molar-refractivity contribution in [3.8, 4) is 5.75 Å². The van der Waals surface area contributed by atoms with Gasteiger partial charge in [-0.25, -0.2) is 4.79 Å². The van der Waals surface area contributed by atoms with Gasteiger partial charge in [-0.1, -0.05) is 18.2 Å². The summed E-state index contributed by atoms with van der Waals surface area (Å²) in [5, 5.41) is 17.5. The van der Waals surface area contributed by atoms with E-state index in [1.54, 1.807) is 6.07 Å². The fourth-order valence-electron chi connectivity index (χ4n) is 3.78. The minimum absolute atomic E-state index is 0.0499. The van der Waals surface area contributed by atoms with Gasteiger partial charge >= 0.3 is 6.03 Å². The molecular weight excluding hydrogens is 394 g/mol. The van der Waals surface area contributed by atoms with Crippen molar-refractivity contribution >= 4 is 17.6 Å². The maximum atomic E-state index is 12.3. The van der Waals surface area contributed by atoms with Crippen LogP contribution in [-0.4, -0.2) is 42.3 Å². The second-order valence-corrected chi connectivity index (χ2v) is 8.02. The van der Waals surface area contributed by atoms with Crippen LogP contribution < -0.4 is 20.7 Å². The number of rotatable bonds is 7. The molecule has 0 bridgehead atoms. The smallest absolute Gasteiger partial charge is 0.319 e. The lowest BCUT2D eigenvalue weighted by Crippen LogP contribution is -2.41. The molecule has 166 valence electrons. The fourth-order valence-corrected chi connectivity index (χ4v) is 3.78. The topological polar surface area (TPSA) is 99.7 Å². The summed E-state index contributed by atoms with van der Waals surface area (Å²) in [6, 6.07) is 13.1. The predicted molar refractivity (Wildman–Crippen MR) is 121 cm³/mol. The number of aryl methyl sites for hydroxylation is 2. The lowest BCUT2D eigenvalue weighted by Gasteiger charge is -2.29. The molecule has 0 radical (unpaired) electrons. The molecule has 1 aliphatic carbocycles. The first-order valence-electron chi connectivity index (χ1n) is 10.7. The highest BCUT2D eigenvalue weighted by Crippen LogP contribution is 2.25. The third-order valence-electron chi connectivity index (χ3n) is 5.44. The fraction of sp³-hybridized carbons (Fsp3) is 0.417. The molecule has 1 fully saturated rings. The molecule has 1 saturated carbocycles. The molecule has 3 rings (SSSR count). The van der Waals surface area contributed by atoms with Crippen molar-refractivity contribution in [2.24, 2.45) is 0 Å². The summed E-state index contributed by atoms with van der Waals surface area (Å²) in [5.41, 5.74) is 3.29. The Morgan fingerprint density at radius 3 is 2.55 bits per heavy atom. The zero-order valence-corrected chi connectivity index (χ0v) is 18.1. The highest BCUT2D eigenvalue weighted by atomic mass is 16.5. The minimum atomic E-state index is -0.218. The van der Waals surface area contributed by atoms with Crippen LogP contribution in [0.1, 0.15) is 47.2 Å². The molecule has 3 amide bonds. The summed E-state index contributed by atoms with van der Waals surface area (Å²) in [7, 11) is 0. The molecule has 0 spiro atoms. The van der Waals surface area contributed by atoms with Gasteiger partial charge in [0.2, 0.25) is 0 Å². The number of nitrogens with one attached hydrogen (secondary N) is 3. The van der Waals surface area contributed by atoms with Gasteiger partial charge in [0.05, 0.1) is 12.7 Å². The Morgan fingerprint density at radius 1 is 1.06 bits per heavy atom. The van der Waals surface area contributed by atoms with E-state index in [-0.39, 0.29) is 37.2 Å². The highest BCUT2D eigenvalue weighted by Gasteiger charge is 2.24. The van der Waals surface area contributed by atoms with E-state index in [0.717, 1.165) is 42.5 Å². The van der Waals surface area contributed by atoms with Crippen molar-refractivity contribution in [3.63, 3.8) is 0 Å². The highest BCUT2D eigenvalue weighted by molar-refractivity contribution is 5.96. The first-order valence-corrected chi connectivity index (χ1v) is 10.7. The molecule has 7 heteroatoms. The zero-order chi connectivity index (χ0) is 22.2. The van der Waals surface area contributed by atoms with Gasteiger partial charge in [-0.3, -0.25) is 4.79 Å².